The summed E-state index contributed by atoms with van der Waals surface area (Å²) in [7, 11) is 1.53. The number of nitrogens with zero attached hydrogens (tertiary/aromatic N) is 1. The molecule has 2 aromatic rings. The number of benzene rings is 2. The van der Waals surface area contributed by atoms with Crippen molar-refractivity contribution in [1.29, 1.82) is 0 Å². The lowest BCUT2D eigenvalue weighted by atomic mass is 10.1. The van der Waals surface area contributed by atoms with Crippen LogP contribution in [0.1, 0.15) is 22.8 Å². The van der Waals surface area contributed by atoms with Gasteiger partial charge < -0.3 is 14.7 Å². The predicted octanol–water partition coefficient (Wildman–Crippen LogP) is 3.38. The molecule has 0 saturated heterocycles. The van der Waals surface area contributed by atoms with E-state index < -0.39 is 0 Å². The zero-order valence-electron chi connectivity index (χ0n) is 12.5. The van der Waals surface area contributed by atoms with Crippen LogP contribution in [0.15, 0.2) is 42.5 Å². The van der Waals surface area contributed by atoms with Crippen LogP contribution in [0.5, 0.6) is 11.5 Å². The second-order valence-electron chi connectivity index (χ2n) is 4.72. The molecule has 0 unspecified atom stereocenters. The van der Waals surface area contributed by atoms with E-state index in [1.165, 1.54) is 13.2 Å². The summed E-state index contributed by atoms with van der Waals surface area (Å²) in [6, 6.07) is 12.3. The third kappa shape index (κ3) is 2.99. The number of methoxy groups -OCH3 is 1. The number of phenolic OH excluding ortho intramolecular Hbond substituents is 1. The van der Waals surface area contributed by atoms with Gasteiger partial charge in [0.05, 0.1) is 12.7 Å². The number of anilines is 1. The standard InChI is InChI=1S/C17H19NO3/c1-4-18(15-8-6-5-7-12(15)2)17(20)14-11-13(21-3)9-10-16(14)19/h5-11,19H,4H2,1-3H3. The van der Waals surface area contributed by atoms with Gasteiger partial charge in [-0.2, -0.15) is 0 Å². The number of carbonyl (C=O) groups is 1. The van der Waals surface area contributed by atoms with Crippen LogP contribution < -0.4 is 9.64 Å². The van der Waals surface area contributed by atoms with Crippen molar-refractivity contribution in [1.82, 2.24) is 0 Å². The third-order valence-corrected chi connectivity index (χ3v) is 3.40. The smallest absolute Gasteiger partial charge is 0.262 e. The van der Waals surface area contributed by atoms with Crippen LogP contribution in [-0.2, 0) is 0 Å². The molecule has 0 spiro atoms. The van der Waals surface area contributed by atoms with Crippen LogP contribution in [0.2, 0.25) is 0 Å². The van der Waals surface area contributed by atoms with Crippen LogP contribution in [0.4, 0.5) is 5.69 Å². The van der Waals surface area contributed by atoms with E-state index in [0.29, 0.717) is 12.3 Å². The summed E-state index contributed by atoms with van der Waals surface area (Å²) >= 11 is 0. The van der Waals surface area contributed by atoms with Gasteiger partial charge in [0.2, 0.25) is 0 Å². The van der Waals surface area contributed by atoms with Crippen molar-refractivity contribution in [2.45, 2.75) is 13.8 Å². The van der Waals surface area contributed by atoms with Gasteiger partial charge in [-0.3, -0.25) is 4.79 Å². The second-order valence-corrected chi connectivity index (χ2v) is 4.72. The molecule has 110 valence electrons. The molecule has 0 aromatic heterocycles. The number of aromatic hydroxyl groups is 1. The molecule has 4 heteroatoms. The van der Waals surface area contributed by atoms with Gasteiger partial charge in [-0.05, 0) is 43.7 Å². The Kier molecular flexibility index (Phi) is 4.48. The molecule has 21 heavy (non-hydrogen) atoms. The van der Waals surface area contributed by atoms with E-state index in [1.807, 2.05) is 38.1 Å². The van der Waals surface area contributed by atoms with Crippen molar-refractivity contribution in [2.24, 2.45) is 0 Å². The number of aryl methyl sites for hydroxylation is 1. The highest BCUT2D eigenvalue weighted by Crippen LogP contribution is 2.27. The number of para-hydroxylation sites is 1. The minimum Gasteiger partial charge on any atom is -0.507 e. The fraction of sp³-hybridized carbons (Fsp3) is 0.235. The number of carbonyl (C=O) groups excluding carboxylic acids is 1. The van der Waals surface area contributed by atoms with Crippen LogP contribution in [0.3, 0.4) is 0 Å². The Balaban J connectivity index is 2.44. The molecule has 0 bridgehead atoms. The molecule has 0 saturated carbocycles. The fourth-order valence-corrected chi connectivity index (χ4v) is 2.25. The molecule has 4 nitrogen and oxygen atoms in total. The van der Waals surface area contributed by atoms with E-state index in [4.69, 9.17) is 4.74 Å². The minimum absolute atomic E-state index is 0.0483. The number of hydrogen-bond acceptors (Lipinski definition) is 3. The van der Waals surface area contributed by atoms with Crippen molar-refractivity contribution in [3.8, 4) is 11.5 Å². The molecule has 0 aliphatic heterocycles. The molecule has 1 amide bonds. The quantitative estimate of drug-likeness (QED) is 0.937. The maximum absolute atomic E-state index is 12.7. The average Bonchev–Trinajstić information content (AvgIpc) is 2.50. The number of ether oxygens (including phenoxy) is 1. The highest BCUT2D eigenvalue weighted by Gasteiger charge is 2.21. The summed E-state index contributed by atoms with van der Waals surface area (Å²) in [5.41, 5.74) is 2.08. The van der Waals surface area contributed by atoms with E-state index in [-0.39, 0.29) is 17.2 Å². The molecule has 2 aromatic carbocycles. The lowest BCUT2D eigenvalue weighted by molar-refractivity contribution is 0.0985. The summed E-state index contributed by atoms with van der Waals surface area (Å²) in [5.74, 6) is 0.244. The third-order valence-electron chi connectivity index (χ3n) is 3.40. The first-order valence-corrected chi connectivity index (χ1v) is 6.83. The molecule has 2 rings (SSSR count). The highest BCUT2D eigenvalue weighted by atomic mass is 16.5. The summed E-state index contributed by atoms with van der Waals surface area (Å²) in [6.45, 7) is 4.37. The lowest BCUT2D eigenvalue weighted by Crippen LogP contribution is -2.31. The molecule has 0 atom stereocenters. The number of rotatable bonds is 4. The van der Waals surface area contributed by atoms with Crippen molar-refractivity contribution in [3.05, 3.63) is 53.6 Å². The zero-order chi connectivity index (χ0) is 15.4. The summed E-state index contributed by atoms with van der Waals surface area (Å²) < 4.78 is 5.12. The van der Waals surface area contributed by atoms with Crippen molar-refractivity contribution < 1.29 is 14.6 Å². The van der Waals surface area contributed by atoms with Gasteiger partial charge in [-0.25, -0.2) is 0 Å². The van der Waals surface area contributed by atoms with Gasteiger partial charge in [0.1, 0.15) is 11.5 Å². The first kappa shape index (κ1) is 14.9. The molecule has 0 fully saturated rings. The monoisotopic (exact) mass is 285 g/mol. The first-order chi connectivity index (χ1) is 10.1. The molecule has 0 aliphatic rings. The molecule has 0 heterocycles. The summed E-state index contributed by atoms with van der Waals surface area (Å²) in [5, 5.41) is 9.96. The van der Waals surface area contributed by atoms with Gasteiger partial charge >= 0.3 is 0 Å². The van der Waals surface area contributed by atoms with E-state index in [2.05, 4.69) is 0 Å². The van der Waals surface area contributed by atoms with Crippen LogP contribution in [0, 0.1) is 6.92 Å². The van der Waals surface area contributed by atoms with Gasteiger partial charge in [0, 0.05) is 12.2 Å². The van der Waals surface area contributed by atoms with Gasteiger partial charge in [0.25, 0.3) is 5.91 Å². The Morgan fingerprint density at radius 2 is 1.95 bits per heavy atom. The number of amides is 1. The molecule has 0 aliphatic carbocycles. The SMILES string of the molecule is CCN(C(=O)c1cc(OC)ccc1O)c1ccccc1C. The average molecular weight is 285 g/mol. The maximum Gasteiger partial charge on any atom is 0.262 e. The van der Waals surface area contributed by atoms with Gasteiger partial charge in [0.15, 0.2) is 0 Å². The Morgan fingerprint density at radius 1 is 1.24 bits per heavy atom. The maximum atomic E-state index is 12.7. The molecule has 0 radical (unpaired) electrons. The predicted molar refractivity (Wildman–Crippen MR) is 83.2 cm³/mol. The van der Waals surface area contributed by atoms with Crippen molar-refractivity contribution in [2.75, 3.05) is 18.6 Å². The lowest BCUT2D eigenvalue weighted by Gasteiger charge is -2.23. The number of phenols is 1. The second kappa shape index (κ2) is 6.31. The minimum atomic E-state index is -0.247. The Morgan fingerprint density at radius 3 is 2.57 bits per heavy atom. The van der Waals surface area contributed by atoms with E-state index in [9.17, 15) is 9.90 Å². The summed E-state index contributed by atoms with van der Waals surface area (Å²) in [4.78, 5) is 14.4. The largest absolute Gasteiger partial charge is 0.507 e. The topological polar surface area (TPSA) is 49.8 Å². The van der Waals surface area contributed by atoms with E-state index in [0.717, 1.165) is 11.3 Å². The molecular formula is C17H19NO3. The number of hydrogen-bond donors (Lipinski definition) is 1. The highest BCUT2D eigenvalue weighted by molar-refractivity contribution is 6.08. The van der Waals surface area contributed by atoms with Crippen LogP contribution in [0.25, 0.3) is 0 Å². The fourth-order valence-electron chi connectivity index (χ4n) is 2.25. The van der Waals surface area contributed by atoms with Crippen molar-refractivity contribution >= 4 is 11.6 Å². The van der Waals surface area contributed by atoms with Crippen LogP contribution in [-0.4, -0.2) is 24.7 Å². The normalized spacial score (nSPS) is 10.2. The Labute approximate surface area is 124 Å². The summed E-state index contributed by atoms with van der Waals surface area (Å²) in [6.07, 6.45) is 0. The van der Waals surface area contributed by atoms with Gasteiger partial charge in [-0.1, -0.05) is 18.2 Å². The van der Waals surface area contributed by atoms with E-state index >= 15 is 0 Å². The van der Waals surface area contributed by atoms with E-state index in [1.54, 1.807) is 17.0 Å². The Bertz CT molecular complexity index is 652. The van der Waals surface area contributed by atoms with Gasteiger partial charge in [-0.15, -0.1) is 0 Å². The Hall–Kier alpha value is -2.49. The van der Waals surface area contributed by atoms with Crippen LogP contribution >= 0.6 is 0 Å². The molecular weight excluding hydrogens is 266 g/mol. The zero-order valence-corrected chi connectivity index (χ0v) is 12.5. The first-order valence-electron chi connectivity index (χ1n) is 6.83. The molecule has 1 N–H and O–H groups in total. The van der Waals surface area contributed by atoms with Crippen molar-refractivity contribution in [3.63, 3.8) is 0 Å².